The highest BCUT2D eigenvalue weighted by Gasteiger charge is 2.07. The number of nitrogens with one attached hydrogen (secondary N) is 1. The van der Waals surface area contributed by atoms with E-state index in [1.54, 1.807) is 12.1 Å². The average molecular weight is 291 g/mol. The Morgan fingerprint density at radius 2 is 1.57 bits per heavy atom. The number of carbonyl (C=O) groups is 1. The largest absolute Gasteiger partial charge is 0.457 e. The number of amides is 1. The second-order valence-corrected chi connectivity index (χ2v) is 4.27. The SMILES string of the molecule is O=C(NCC(O)O)c1ccc(Oc2ccc(F)cc2)cc1. The van der Waals surface area contributed by atoms with Crippen molar-refractivity contribution in [2.45, 2.75) is 6.29 Å². The Kier molecular flexibility index (Phi) is 4.86. The van der Waals surface area contributed by atoms with Gasteiger partial charge in [-0.1, -0.05) is 0 Å². The average Bonchev–Trinajstić information content (AvgIpc) is 2.48. The van der Waals surface area contributed by atoms with Crippen LogP contribution in [0.4, 0.5) is 4.39 Å². The Morgan fingerprint density at radius 3 is 2.10 bits per heavy atom. The van der Waals surface area contributed by atoms with Crippen LogP contribution in [0, 0.1) is 5.82 Å². The quantitative estimate of drug-likeness (QED) is 0.732. The van der Waals surface area contributed by atoms with Crippen LogP contribution in [0.15, 0.2) is 48.5 Å². The number of carbonyl (C=O) groups excluding carboxylic acids is 1. The standard InChI is InChI=1S/C15H14FNO4/c16-11-3-7-13(8-4-11)21-12-5-1-10(2-6-12)15(20)17-9-14(18)19/h1-8,14,18-19H,9H2,(H,17,20). The summed E-state index contributed by atoms with van der Waals surface area (Å²) in [5.41, 5.74) is 0.363. The van der Waals surface area contributed by atoms with E-state index in [0.717, 1.165) is 0 Å². The molecule has 0 heterocycles. The van der Waals surface area contributed by atoms with E-state index in [-0.39, 0.29) is 12.4 Å². The molecule has 3 N–H and O–H groups in total. The van der Waals surface area contributed by atoms with Gasteiger partial charge in [-0.3, -0.25) is 4.79 Å². The first kappa shape index (κ1) is 15.0. The van der Waals surface area contributed by atoms with Crippen LogP contribution in [0.1, 0.15) is 10.4 Å². The smallest absolute Gasteiger partial charge is 0.251 e. The molecule has 0 aliphatic carbocycles. The molecule has 0 aliphatic heterocycles. The van der Waals surface area contributed by atoms with Crippen molar-refractivity contribution in [2.24, 2.45) is 0 Å². The normalized spacial score (nSPS) is 10.5. The Hall–Kier alpha value is -2.44. The second-order valence-electron chi connectivity index (χ2n) is 4.27. The maximum absolute atomic E-state index is 12.8. The number of ether oxygens (including phenoxy) is 1. The molecule has 0 aromatic heterocycles. The van der Waals surface area contributed by atoms with E-state index in [1.165, 1.54) is 36.4 Å². The summed E-state index contributed by atoms with van der Waals surface area (Å²) in [7, 11) is 0. The summed E-state index contributed by atoms with van der Waals surface area (Å²) in [4.78, 5) is 11.6. The van der Waals surface area contributed by atoms with E-state index in [2.05, 4.69) is 5.32 Å². The summed E-state index contributed by atoms with van der Waals surface area (Å²) in [6, 6.07) is 11.8. The molecule has 2 aromatic carbocycles. The van der Waals surface area contributed by atoms with Crippen LogP contribution in [-0.2, 0) is 0 Å². The lowest BCUT2D eigenvalue weighted by Gasteiger charge is -2.08. The summed E-state index contributed by atoms with van der Waals surface area (Å²) in [6.45, 7) is -0.243. The van der Waals surface area contributed by atoms with Crippen LogP contribution in [0.3, 0.4) is 0 Å². The van der Waals surface area contributed by atoms with Crippen molar-refractivity contribution in [3.05, 3.63) is 59.9 Å². The Morgan fingerprint density at radius 1 is 1.05 bits per heavy atom. The van der Waals surface area contributed by atoms with Crippen molar-refractivity contribution in [1.29, 1.82) is 0 Å². The van der Waals surface area contributed by atoms with Gasteiger partial charge in [0.15, 0.2) is 6.29 Å². The molecule has 0 aliphatic rings. The van der Waals surface area contributed by atoms with Crippen LogP contribution >= 0.6 is 0 Å². The molecule has 0 atom stereocenters. The maximum atomic E-state index is 12.8. The Balaban J connectivity index is 1.98. The Bertz CT molecular complexity index is 596. The van der Waals surface area contributed by atoms with Crippen LogP contribution in [0.5, 0.6) is 11.5 Å². The van der Waals surface area contributed by atoms with Gasteiger partial charge in [0.05, 0.1) is 6.54 Å². The molecule has 21 heavy (non-hydrogen) atoms. The lowest BCUT2D eigenvalue weighted by Crippen LogP contribution is -2.31. The van der Waals surface area contributed by atoms with Crippen molar-refractivity contribution in [3.8, 4) is 11.5 Å². The Labute approximate surface area is 120 Å². The molecular weight excluding hydrogens is 277 g/mol. The molecule has 0 radical (unpaired) electrons. The number of hydrogen-bond acceptors (Lipinski definition) is 4. The number of hydrogen-bond donors (Lipinski definition) is 3. The molecule has 5 nitrogen and oxygen atoms in total. The molecule has 6 heteroatoms. The monoisotopic (exact) mass is 291 g/mol. The molecule has 0 fully saturated rings. The van der Waals surface area contributed by atoms with Gasteiger partial charge in [0, 0.05) is 5.56 Å². The van der Waals surface area contributed by atoms with Crippen molar-refractivity contribution >= 4 is 5.91 Å². The van der Waals surface area contributed by atoms with Gasteiger partial charge in [0.25, 0.3) is 5.91 Å². The van der Waals surface area contributed by atoms with Gasteiger partial charge in [-0.2, -0.15) is 0 Å². The summed E-state index contributed by atoms with van der Waals surface area (Å²) in [5.74, 6) is 0.217. The fraction of sp³-hybridized carbons (Fsp3) is 0.133. The summed E-state index contributed by atoms with van der Waals surface area (Å²) >= 11 is 0. The third kappa shape index (κ3) is 4.55. The zero-order valence-corrected chi connectivity index (χ0v) is 11.0. The second kappa shape index (κ2) is 6.83. The van der Waals surface area contributed by atoms with Crippen molar-refractivity contribution in [2.75, 3.05) is 6.54 Å². The van der Waals surface area contributed by atoms with Gasteiger partial charge in [0.1, 0.15) is 17.3 Å². The number of aliphatic hydroxyl groups is 2. The molecule has 0 bridgehead atoms. The van der Waals surface area contributed by atoms with Crippen molar-refractivity contribution < 1.29 is 24.1 Å². The van der Waals surface area contributed by atoms with Gasteiger partial charge in [-0.05, 0) is 48.5 Å². The molecule has 110 valence electrons. The maximum Gasteiger partial charge on any atom is 0.251 e. The molecule has 1 amide bonds. The lowest BCUT2D eigenvalue weighted by atomic mass is 10.2. The van der Waals surface area contributed by atoms with E-state index in [4.69, 9.17) is 14.9 Å². The van der Waals surface area contributed by atoms with Gasteiger partial charge in [-0.25, -0.2) is 4.39 Å². The molecule has 0 saturated carbocycles. The van der Waals surface area contributed by atoms with E-state index < -0.39 is 12.2 Å². The third-order valence-corrected chi connectivity index (χ3v) is 2.61. The van der Waals surface area contributed by atoms with Crippen LogP contribution in [-0.4, -0.2) is 29.0 Å². The predicted octanol–water partition coefficient (Wildman–Crippen LogP) is 1.66. The zero-order chi connectivity index (χ0) is 15.2. The van der Waals surface area contributed by atoms with Gasteiger partial charge in [-0.15, -0.1) is 0 Å². The third-order valence-electron chi connectivity index (χ3n) is 2.61. The first-order valence-corrected chi connectivity index (χ1v) is 6.22. The van der Waals surface area contributed by atoms with Crippen molar-refractivity contribution in [3.63, 3.8) is 0 Å². The first-order valence-electron chi connectivity index (χ1n) is 6.22. The summed E-state index contributed by atoms with van der Waals surface area (Å²) in [5, 5.41) is 19.7. The van der Waals surface area contributed by atoms with E-state index in [0.29, 0.717) is 17.1 Å². The van der Waals surface area contributed by atoms with Crippen LogP contribution < -0.4 is 10.1 Å². The van der Waals surface area contributed by atoms with Crippen molar-refractivity contribution in [1.82, 2.24) is 5.32 Å². The molecule has 0 spiro atoms. The minimum atomic E-state index is -1.59. The topological polar surface area (TPSA) is 78.8 Å². The minimum absolute atomic E-state index is 0.243. The highest BCUT2D eigenvalue weighted by Crippen LogP contribution is 2.21. The molecular formula is C15H14FNO4. The molecule has 0 saturated heterocycles. The molecule has 0 unspecified atom stereocenters. The number of rotatable bonds is 5. The van der Waals surface area contributed by atoms with E-state index >= 15 is 0 Å². The zero-order valence-electron chi connectivity index (χ0n) is 11.0. The van der Waals surface area contributed by atoms with Gasteiger partial charge in [0.2, 0.25) is 0 Å². The van der Waals surface area contributed by atoms with E-state index in [9.17, 15) is 9.18 Å². The predicted molar refractivity (Wildman–Crippen MR) is 73.5 cm³/mol. The first-order chi connectivity index (χ1) is 10.0. The molecule has 2 rings (SSSR count). The summed E-state index contributed by atoms with van der Waals surface area (Å²) in [6.07, 6.45) is -1.59. The molecule has 2 aromatic rings. The van der Waals surface area contributed by atoms with Gasteiger partial charge >= 0.3 is 0 Å². The highest BCUT2D eigenvalue weighted by atomic mass is 19.1. The van der Waals surface area contributed by atoms with Crippen LogP contribution in [0.2, 0.25) is 0 Å². The minimum Gasteiger partial charge on any atom is -0.457 e. The highest BCUT2D eigenvalue weighted by molar-refractivity contribution is 5.94. The number of benzene rings is 2. The van der Waals surface area contributed by atoms with Crippen LogP contribution in [0.25, 0.3) is 0 Å². The fourth-order valence-corrected chi connectivity index (χ4v) is 1.60. The van der Waals surface area contributed by atoms with Gasteiger partial charge < -0.3 is 20.3 Å². The number of halogens is 1. The van der Waals surface area contributed by atoms with E-state index in [1.807, 2.05) is 0 Å². The number of aliphatic hydroxyl groups excluding tert-OH is 1. The fourth-order valence-electron chi connectivity index (χ4n) is 1.60. The lowest BCUT2D eigenvalue weighted by molar-refractivity contribution is -0.0361. The summed E-state index contributed by atoms with van der Waals surface area (Å²) < 4.78 is 18.2.